The summed E-state index contributed by atoms with van der Waals surface area (Å²) in [6.07, 6.45) is 1.59. The second-order valence-corrected chi connectivity index (χ2v) is 7.17. The highest BCUT2D eigenvalue weighted by Gasteiger charge is 2.29. The van der Waals surface area contributed by atoms with Gasteiger partial charge in [0.25, 0.3) is 12.4 Å². The first-order valence-electron chi connectivity index (χ1n) is 9.43. The Morgan fingerprint density at radius 3 is 2.45 bits per heavy atom. The SMILES string of the molecule is CC(C)c1[nH]c(=O)ccc1C(=O)N1CCC(c2nnc(CO)n2C)CC1.O=CO. The van der Waals surface area contributed by atoms with E-state index in [1.807, 2.05) is 30.4 Å². The van der Waals surface area contributed by atoms with E-state index in [0.717, 1.165) is 18.7 Å². The second-order valence-electron chi connectivity index (χ2n) is 7.17. The number of nitrogens with one attached hydrogen (secondary N) is 1. The molecule has 1 aliphatic rings. The van der Waals surface area contributed by atoms with Gasteiger partial charge in [0.05, 0.1) is 5.56 Å². The van der Waals surface area contributed by atoms with Crippen molar-refractivity contribution in [3.05, 3.63) is 45.4 Å². The maximum absolute atomic E-state index is 12.9. The summed E-state index contributed by atoms with van der Waals surface area (Å²) in [5.74, 6) is 1.65. The number of nitrogens with zero attached hydrogens (tertiary/aromatic N) is 4. The number of carboxylic acid groups (broad SMARTS) is 1. The second kappa shape index (κ2) is 9.97. The summed E-state index contributed by atoms with van der Waals surface area (Å²) in [5, 5.41) is 24.3. The van der Waals surface area contributed by atoms with Gasteiger partial charge in [-0.15, -0.1) is 10.2 Å². The average molecular weight is 405 g/mol. The van der Waals surface area contributed by atoms with Gasteiger partial charge < -0.3 is 24.7 Å². The van der Waals surface area contributed by atoms with Crippen LogP contribution in [0.1, 0.15) is 66.2 Å². The van der Waals surface area contributed by atoms with Gasteiger partial charge in [0.15, 0.2) is 5.82 Å². The van der Waals surface area contributed by atoms with Crippen LogP contribution < -0.4 is 5.56 Å². The van der Waals surface area contributed by atoms with Gasteiger partial charge in [-0.2, -0.15) is 0 Å². The van der Waals surface area contributed by atoms with Gasteiger partial charge >= 0.3 is 0 Å². The lowest BCUT2D eigenvalue weighted by Gasteiger charge is -2.32. The molecule has 0 radical (unpaired) electrons. The number of carbonyl (C=O) groups is 2. The molecule has 1 saturated heterocycles. The predicted molar refractivity (Wildman–Crippen MR) is 105 cm³/mol. The van der Waals surface area contributed by atoms with Crippen LogP contribution in [0, 0.1) is 0 Å². The Labute approximate surface area is 168 Å². The summed E-state index contributed by atoms with van der Waals surface area (Å²) in [6.45, 7) is 4.79. The molecule has 0 aromatic carbocycles. The zero-order valence-corrected chi connectivity index (χ0v) is 16.8. The minimum absolute atomic E-state index is 0.0441. The van der Waals surface area contributed by atoms with Crippen LogP contribution >= 0.6 is 0 Å². The topological polar surface area (TPSA) is 141 Å². The van der Waals surface area contributed by atoms with Crippen molar-refractivity contribution in [2.75, 3.05) is 13.1 Å². The number of aromatic nitrogens is 4. The molecule has 1 amide bonds. The summed E-state index contributed by atoms with van der Waals surface area (Å²) in [4.78, 5) is 37.5. The largest absolute Gasteiger partial charge is 0.483 e. The van der Waals surface area contributed by atoms with E-state index < -0.39 is 0 Å². The van der Waals surface area contributed by atoms with Gasteiger partial charge in [0.2, 0.25) is 5.56 Å². The Morgan fingerprint density at radius 2 is 1.93 bits per heavy atom. The van der Waals surface area contributed by atoms with E-state index in [-0.39, 0.29) is 36.4 Å². The number of pyridine rings is 1. The summed E-state index contributed by atoms with van der Waals surface area (Å²) in [7, 11) is 1.85. The van der Waals surface area contributed by atoms with Crippen LogP contribution in [0.15, 0.2) is 16.9 Å². The minimum Gasteiger partial charge on any atom is -0.483 e. The van der Waals surface area contributed by atoms with Crippen molar-refractivity contribution in [1.82, 2.24) is 24.6 Å². The van der Waals surface area contributed by atoms with Crippen LogP contribution in [0.2, 0.25) is 0 Å². The Hall–Kier alpha value is -3.01. The van der Waals surface area contributed by atoms with Crippen molar-refractivity contribution < 1.29 is 19.8 Å². The molecule has 0 unspecified atom stereocenters. The van der Waals surface area contributed by atoms with Crippen LogP contribution in [-0.4, -0.2) is 60.3 Å². The Morgan fingerprint density at radius 1 is 1.31 bits per heavy atom. The van der Waals surface area contributed by atoms with Gasteiger partial charge in [0.1, 0.15) is 12.4 Å². The number of hydrogen-bond acceptors (Lipinski definition) is 6. The average Bonchev–Trinajstić information content (AvgIpc) is 3.08. The molecule has 3 rings (SSSR count). The lowest BCUT2D eigenvalue weighted by molar-refractivity contribution is -0.122. The number of carbonyl (C=O) groups excluding carboxylic acids is 1. The molecule has 29 heavy (non-hydrogen) atoms. The number of hydrogen-bond donors (Lipinski definition) is 3. The Kier molecular flexibility index (Phi) is 7.66. The van der Waals surface area contributed by atoms with E-state index in [0.29, 0.717) is 30.2 Å². The first-order chi connectivity index (χ1) is 13.8. The van der Waals surface area contributed by atoms with Crippen molar-refractivity contribution >= 4 is 12.4 Å². The number of piperidine rings is 1. The number of likely N-dealkylation sites (tertiary alicyclic amines) is 1. The van der Waals surface area contributed by atoms with E-state index in [1.165, 1.54) is 6.07 Å². The molecule has 2 aromatic heterocycles. The van der Waals surface area contributed by atoms with Crippen molar-refractivity contribution in [2.45, 2.75) is 45.1 Å². The summed E-state index contributed by atoms with van der Waals surface area (Å²) < 4.78 is 1.83. The molecule has 1 fully saturated rings. The lowest BCUT2D eigenvalue weighted by atomic mass is 9.94. The molecule has 3 N–H and O–H groups in total. The third kappa shape index (κ3) is 5.08. The number of aromatic amines is 1. The molecule has 0 saturated carbocycles. The number of aliphatic hydroxyl groups excluding tert-OH is 1. The fourth-order valence-corrected chi connectivity index (χ4v) is 3.51. The van der Waals surface area contributed by atoms with Crippen LogP contribution in [0.3, 0.4) is 0 Å². The standard InChI is InChI=1S/C18H25N5O3.CH2O2/c1-11(2)16-13(4-5-15(25)19-16)18(26)23-8-6-12(7-9-23)17-21-20-14(10-24)22(17)3;2-1-3/h4-5,11-12,24H,6-10H2,1-3H3,(H,19,25);1H,(H,2,3). The Balaban J connectivity index is 0.000000941. The minimum atomic E-state index is -0.250. The van der Waals surface area contributed by atoms with Gasteiger partial charge in [-0.25, -0.2) is 0 Å². The molecule has 3 heterocycles. The van der Waals surface area contributed by atoms with Gasteiger partial charge in [-0.1, -0.05) is 13.8 Å². The quantitative estimate of drug-likeness (QED) is 0.640. The van der Waals surface area contributed by atoms with E-state index in [4.69, 9.17) is 9.90 Å². The molecule has 0 spiro atoms. The maximum atomic E-state index is 12.9. The molecular formula is C19H27N5O5. The Bertz CT molecular complexity index is 897. The normalized spacial score (nSPS) is 14.4. The number of H-pyrrole nitrogens is 1. The smallest absolute Gasteiger partial charge is 0.290 e. The van der Waals surface area contributed by atoms with E-state index in [9.17, 15) is 14.7 Å². The van der Waals surface area contributed by atoms with Crippen LogP contribution in [0.4, 0.5) is 0 Å². The highest BCUT2D eigenvalue weighted by atomic mass is 16.3. The third-order valence-corrected chi connectivity index (χ3v) is 5.04. The summed E-state index contributed by atoms with van der Waals surface area (Å²) >= 11 is 0. The van der Waals surface area contributed by atoms with Gasteiger partial charge in [0, 0.05) is 37.8 Å². The van der Waals surface area contributed by atoms with Crippen LogP contribution in [0.5, 0.6) is 0 Å². The van der Waals surface area contributed by atoms with Crippen molar-refractivity contribution in [2.24, 2.45) is 7.05 Å². The summed E-state index contributed by atoms with van der Waals surface area (Å²) in [6, 6.07) is 3.03. The number of aliphatic hydroxyl groups is 1. The van der Waals surface area contributed by atoms with Crippen molar-refractivity contribution in [1.29, 1.82) is 0 Å². The third-order valence-electron chi connectivity index (χ3n) is 5.04. The number of rotatable bonds is 4. The number of amides is 1. The lowest BCUT2D eigenvalue weighted by Crippen LogP contribution is -2.39. The van der Waals surface area contributed by atoms with Gasteiger partial charge in [-0.3, -0.25) is 14.4 Å². The molecule has 0 atom stereocenters. The molecule has 158 valence electrons. The zero-order chi connectivity index (χ0) is 21.6. The van der Waals surface area contributed by atoms with E-state index in [1.54, 1.807) is 6.07 Å². The molecule has 10 heteroatoms. The fourth-order valence-electron chi connectivity index (χ4n) is 3.51. The van der Waals surface area contributed by atoms with Crippen LogP contribution in [-0.2, 0) is 18.4 Å². The summed E-state index contributed by atoms with van der Waals surface area (Å²) in [5.41, 5.74) is 1.07. The predicted octanol–water partition coefficient (Wildman–Crippen LogP) is 0.840. The van der Waals surface area contributed by atoms with E-state index in [2.05, 4.69) is 15.2 Å². The van der Waals surface area contributed by atoms with Gasteiger partial charge in [-0.05, 0) is 24.8 Å². The highest BCUT2D eigenvalue weighted by molar-refractivity contribution is 5.95. The molecule has 0 bridgehead atoms. The zero-order valence-electron chi connectivity index (χ0n) is 16.8. The molecule has 10 nitrogen and oxygen atoms in total. The monoisotopic (exact) mass is 405 g/mol. The van der Waals surface area contributed by atoms with Crippen molar-refractivity contribution in [3.63, 3.8) is 0 Å². The van der Waals surface area contributed by atoms with E-state index >= 15 is 0 Å². The first-order valence-corrected chi connectivity index (χ1v) is 9.43. The first kappa shape index (κ1) is 22.3. The molecule has 2 aromatic rings. The van der Waals surface area contributed by atoms with Crippen molar-refractivity contribution in [3.8, 4) is 0 Å². The van der Waals surface area contributed by atoms with Crippen LogP contribution in [0.25, 0.3) is 0 Å². The maximum Gasteiger partial charge on any atom is 0.290 e. The molecular weight excluding hydrogens is 378 g/mol. The molecule has 1 aliphatic heterocycles. The highest BCUT2D eigenvalue weighted by Crippen LogP contribution is 2.28. The fraction of sp³-hybridized carbons (Fsp3) is 0.526. The molecule has 0 aliphatic carbocycles.